The summed E-state index contributed by atoms with van der Waals surface area (Å²) in [5.41, 5.74) is 1.90. The van der Waals surface area contributed by atoms with E-state index in [1.807, 2.05) is 17.7 Å². The Labute approximate surface area is 127 Å². The van der Waals surface area contributed by atoms with Crippen LogP contribution in [0.1, 0.15) is 28.5 Å². The first-order chi connectivity index (χ1) is 9.85. The Balaban J connectivity index is 2.23. The number of rotatable bonds is 6. The number of carboxylic acid groups (broad SMARTS) is 1. The summed E-state index contributed by atoms with van der Waals surface area (Å²) in [5.74, 6) is -1.15. The first kappa shape index (κ1) is 15.7. The van der Waals surface area contributed by atoms with Crippen LogP contribution in [0.25, 0.3) is 0 Å². The molecule has 0 unspecified atom stereocenters. The van der Waals surface area contributed by atoms with Gasteiger partial charge in [-0.25, -0.2) is 17.9 Å². The van der Waals surface area contributed by atoms with Gasteiger partial charge >= 0.3 is 5.97 Å². The van der Waals surface area contributed by atoms with Gasteiger partial charge in [-0.1, -0.05) is 0 Å². The highest BCUT2D eigenvalue weighted by molar-refractivity contribution is 7.89. The lowest BCUT2D eigenvalue weighted by Crippen LogP contribution is -2.23. The number of aromatic nitrogens is 1. The lowest BCUT2D eigenvalue weighted by Gasteiger charge is -2.04. The van der Waals surface area contributed by atoms with Crippen molar-refractivity contribution in [3.8, 4) is 0 Å². The fourth-order valence-corrected chi connectivity index (χ4v) is 3.80. The van der Waals surface area contributed by atoms with Crippen LogP contribution in [0.15, 0.2) is 27.9 Å². The van der Waals surface area contributed by atoms with Crippen LogP contribution >= 0.6 is 11.3 Å². The molecule has 2 N–H and O–H groups in total. The van der Waals surface area contributed by atoms with Crippen LogP contribution in [-0.4, -0.2) is 24.1 Å². The van der Waals surface area contributed by atoms with E-state index >= 15 is 0 Å². The molecule has 0 bridgehead atoms. The van der Waals surface area contributed by atoms with Gasteiger partial charge in [-0.05, 0) is 41.8 Å². The zero-order valence-corrected chi connectivity index (χ0v) is 13.3. The summed E-state index contributed by atoms with van der Waals surface area (Å²) in [7, 11) is -3.73. The smallest absolute Gasteiger partial charge is 0.352 e. The van der Waals surface area contributed by atoms with E-state index in [-0.39, 0.29) is 17.1 Å². The zero-order chi connectivity index (χ0) is 15.6. The summed E-state index contributed by atoms with van der Waals surface area (Å²) in [6.07, 6.45) is 1.34. The van der Waals surface area contributed by atoms with Crippen molar-refractivity contribution >= 4 is 27.3 Å². The van der Waals surface area contributed by atoms with Gasteiger partial charge in [-0.15, -0.1) is 0 Å². The molecule has 0 fully saturated rings. The molecule has 6 nitrogen and oxygen atoms in total. The fraction of sp³-hybridized carbons (Fsp3) is 0.308. The van der Waals surface area contributed by atoms with E-state index in [0.717, 1.165) is 11.1 Å². The molecule has 0 radical (unpaired) electrons. The molecule has 2 aromatic heterocycles. The lowest BCUT2D eigenvalue weighted by atomic mass is 10.2. The molecule has 2 heterocycles. The van der Waals surface area contributed by atoms with Crippen LogP contribution in [0.2, 0.25) is 0 Å². The summed E-state index contributed by atoms with van der Waals surface area (Å²) >= 11 is 1.51. The van der Waals surface area contributed by atoms with Crippen LogP contribution in [-0.2, 0) is 23.1 Å². The standard InChI is InChI=1S/C13H16N2O4S2/c1-3-15-6-11(4-12(15)13(16)17)21(18,19)14-5-10-8-20-7-9(10)2/h4,6-8,14H,3,5H2,1-2H3,(H,16,17). The summed E-state index contributed by atoms with van der Waals surface area (Å²) in [4.78, 5) is 11.0. The van der Waals surface area contributed by atoms with Gasteiger partial charge in [0, 0.05) is 19.3 Å². The van der Waals surface area contributed by atoms with E-state index in [4.69, 9.17) is 5.11 Å². The topological polar surface area (TPSA) is 88.4 Å². The largest absolute Gasteiger partial charge is 0.477 e. The molecule has 0 spiro atoms. The first-order valence-corrected chi connectivity index (χ1v) is 8.72. The van der Waals surface area contributed by atoms with Crippen LogP contribution in [0.3, 0.4) is 0 Å². The van der Waals surface area contributed by atoms with Gasteiger partial charge in [0.25, 0.3) is 0 Å². The maximum absolute atomic E-state index is 12.2. The minimum Gasteiger partial charge on any atom is -0.477 e. The SMILES string of the molecule is CCn1cc(S(=O)(=O)NCc2cscc2C)cc1C(=O)O. The number of thiophene rings is 1. The Bertz CT molecular complexity index is 759. The number of carboxylic acids is 1. The van der Waals surface area contributed by atoms with Crippen LogP contribution in [0.4, 0.5) is 0 Å². The van der Waals surface area contributed by atoms with Crippen molar-refractivity contribution in [1.29, 1.82) is 0 Å². The molecule has 2 aromatic rings. The first-order valence-electron chi connectivity index (χ1n) is 6.30. The Morgan fingerprint density at radius 1 is 1.43 bits per heavy atom. The van der Waals surface area contributed by atoms with Crippen molar-refractivity contribution in [2.45, 2.75) is 31.8 Å². The fourth-order valence-electron chi connectivity index (χ4n) is 1.90. The van der Waals surface area contributed by atoms with Crippen LogP contribution in [0, 0.1) is 6.92 Å². The van der Waals surface area contributed by atoms with Crippen molar-refractivity contribution in [3.63, 3.8) is 0 Å². The molecule has 0 atom stereocenters. The van der Waals surface area contributed by atoms with E-state index in [1.165, 1.54) is 28.2 Å². The van der Waals surface area contributed by atoms with Gasteiger partial charge < -0.3 is 9.67 Å². The molecule has 0 saturated heterocycles. The summed E-state index contributed by atoms with van der Waals surface area (Å²) in [6, 6.07) is 1.18. The van der Waals surface area contributed by atoms with E-state index in [2.05, 4.69) is 4.72 Å². The highest BCUT2D eigenvalue weighted by atomic mass is 32.2. The number of aryl methyl sites for hydroxylation is 2. The van der Waals surface area contributed by atoms with Crippen LogP contribution in [0.5, 0.6) is 0 Å². The molecule has 8 heteroatoms. The average molecular weight is 328 g/mol. The molecule has 0 saturated carbocycles. The predicted octanol–water partition coefficient (Wildman–Crippen LogP) is 2.05. The quantitative estimate of drug-likeness (QED) is 0.849. The van der Waals surface area contributed by atoms with Gasteiger partial charge in [-0.3, -0.25) is 0 Å². The second-order valence-corrected chi connectivity index (χ2v) is 7.07. The van der Waals surface area contributed by atoms with Crippen molar-refractivity contribution < 1.29 is 18.3 Å². The molecule has 0 aliphatic carbocycles. The van der Waals surface area contributed by atoms with Gasteiger partial charge in [0.15, 0.2) is 0 Å². The number of aromatic carboxylic acids is 1. The summed E-state index contributed by atoms with van der Waals surface area (Å²) in [5, 5.41) is 12.9. The third-order valence-electron chi connectivity index (χ3n) is 3.16. The molecule has 21 heavy (non-hydrogen) atoms. The third kappa shape index (κ3) is 3.34. The zero-order valence-electron chi connectivity index (χ0n) is 11.7. The highest BCUT2D eigenvalue weighted by Gasteiger charge is 2.20. The molecular formula is C13H16N2O4S2. The van der Waals surface area contributed by atoms with Gasteiger partial charge in [0.05, 0.1) is 0 Å². The highest BCUT2D eigenvalue weighted by Crippen LogP contribution is 2.17. The van der Waals surface area contributed by atoms with Gasteiger partial charge in [0.1, 0.15) is 10.6 Å². The average Bonchev–Trinajstić information content (AvgIpc) is 3.02. The third-order valence-corrected chi connectivity index (χ3v) is 5.43. The van der Waals surface area contributed by atoms with Crippen molar-refractivity contribution in [2.24, 2.45) is 0 Å². The van der Waals surface area contributed by atoms with Gasteiger partial charge in [-0.2, -0.15) is 11.3 Å². The molecular weight excluding hydrogens is 312 g/mol. The lowest BCUT2D eigenvalue weighted by molar-refractivity contribution is 0.0685. The maximum Gasteiger partial charge on any atom is 0.352 e. The number of nitrogens with zero attached hydrogens (tertiary/aromatic N) is 1. The van der Waals surface area contributed by atoms with E-state index < -0.39 is 16.0 Å². The molecule has 0 aliphatic rings. The minimum absolute atomic E-state index is 0.0327. The number of carbonyl (C=O) groups is 1. The summed E-state index contributed by atoms with van der Waals surface area (Å²) in [6.45, 7) is 4.25. The van der Waals surface area contributed by atoms with E-state index in [9.17, 15) is 13.2 Å². The molecule has 0 aromatic carbocycles. The number of sulfonamides is 1. The van der Waals surface area contributed by atoms with Crippen molar-refractivity contribution in [2.75, 3.05) is 0 Å². The Hall–Kier alpha value is -1.64. The number of hydrogen-bond donors (Lipinski definition) is 2. The van der Waals surface area contributed by atoms with E-state index in [1.54, 1.807) is 6.92 Å². The van der Waals surface area contributed by atoms with Gasteiger partial charge in [0.2, 0.25) is 10.0 Å². The van der Waals surface area contributed by atoms with Crippen molar-refractivity contribution in [1.82, 2.24) is 9.29 Å². The van der Waals surface area contributed by atoms with Crippen molar-refractivity contribution in [3.05, 3.63) is 39.8 Å². The molecule has 2 rings (SSSR count). The number of hydrogen-bond acceptors (Lipinski definition) is 4. The molecule has 0 amide bonds. The Morgan fingerprint density at radius 3 is 2.62 bits per heavy atom. The normalized spacial score (nSPS) is 11.7. The van der Waals surface area contributed by atoms with Crippen LogP contribution < -0.4 is 4.72 Å². The summed E-state index contributed by atoms with van der Waals surface area (Å²) < 4.78 is 28.3. The Morgan fingerprint density at radius 2 is 2.14 bits per heavy atom. The molecule has 114 valence electrons. The monoisotopic (exact) mass is 328 g/mol. The second-order valence-electron chi connectivity index (χ2n) is 4.56. The molecule has 0 aliphatic heterocycles. The Kier molecular flexibility index (Phi) is 4.50. The minimum atomic E-state index is -3.73. The number of nitrogens with one attached hydrogen (secondary N) is 1. The van der Waals surface area contributed by atoms with E-state index in [0.29, 0.717) is 6.54 Å². The predicted molar refractivity (Wildman–Crippen MR) is 80.1 cm³/mol. The second kappa shape index (κ2) is 6.00. The maximum atomic E-state index is 12.2.